The van der Waals surface area contributed by atoms with Crippen molar-refractivity contribution in [3.05, 3.63) is 0 Å². The molecule has 8 unspecified atom stereocenters. The molecule has 1 aliphatic heterocycles. The second-order valence-electron chi connectivity index (χ2n) is 10.2. The van der Waals surface area contributed by atoms with Crippen molar-refractivity contribution < 1.29 is 9.53 Å². The van der Waals surface area contributed by atoms with E-state index in [9.17, 15) is 4.79 Å². The Morgan fingerprint density at radius 3 is 2.50 bits per heavy atom. The first-order valence-electron chi connectivity index (χ1n) is 9.50. The molecule has 4 aliphatic carbocycles. The first kappa shape index (κ1) is 14.0. The quantitative estimate of drug-likeness (QED) is 0.532. The predicted octanol–water partition coefficient (Wildman–Crippen LogP) is 4.37. The van der Waals surface area contributed by atoms with Crippen molar-refractivity contribution in [1.82, 2.24) is 0 Å². The Hall–Kier alpha value is -0.370. The Balaban J connectivity index is 1.58. The van der Waals surface area contributed by atoms with Gasteiger partial charge in [-0.2, -0.15) is 0 Å². The Labute approximate surface area is 134 Å². The van der Waals surface area contributed by atoms with E-state index in [2.05, 4.69) is 20.8 Å². The van der Waals surface area contributed by atoms with E-state index in [0.29, 0.717) is 34.4 Å². The van der Waals surface area contributed by atoms with Crippen LogP contribution in [0.5, 0.6) is 0 Å². The highest BCUT2D eigenvalue weighted by atomic mass is 16.6. The molecule has 1 spiro atoms. The molecule has 2 nitrogen and oxygen atoms in total. The van der Waals surface area contributed by atoms with Crippen molar-refractivity contribution in [3.63, 3.8) is 0 Å². The summed E-state index contributed by atoms with van der Waals surface area (Å²) in [6, 6.07) is 0. The first-order chi connectivity index (χ1) is 10.4. The van der Waals surface area contributed by atoms with E-state index in [1.807, 2.05) is 0 Å². The normalized spacial score (nSPS) is 65.2. The number of carbonyl (C=O) groups is 1. The molecule has 0 N–H and O–H groups in total. The van der Waals surface area contributed by atoms with Crippen molar-refractivity contribution in [2.45, 2.75) is 84.3 Å². The summed E-state index contributed by atoms with van der Waals surface area (Å²) in [5, 5.41) is 0. The van der Waals surface area contributed by atoms with Crippen LogP contribution in [-0.4, -0.2) is 18.5 Å². The molecular weight excluding hydrogens is 272 g/mol. The van der Waals surface area contributed by atoms with Crippen molar-refractivity contribution >= 4 is 6.29 Å². The van der Waals surface area contributed by atoms with E-state index < -0.39 is 0 Å². The Bertz CT molecular complexity index is 544. The van der Waals surface area contributed by atoms with Crippen molar-refractivity contribution in [1.29, 1.82) is 0 Å². The third-order valence-electron chi connectivity index (χ3n) is 9.16. The minimum absolute atomic E-state index is 0.0717. The third kappa shape index (κ3) is 1.37. The average molecular weight is 302 g/mol. The smallest absolute Gasteiger partial charge is 0.126 e. The molecule has 5 rings (SSSR count). The highest BCUT2D eigenvalue weighted by Gasteiger charge is 2.77. The van der Waals surface area contributed by atoms with Gasteiger partial charge in [-0.15, -0.1) is 0 Å². The predicted molar refractivity (Wildman–Crippen MR) is 85.4 cm³/mol. The van der Waals surface area contributed by atoms with E-state index >= 15 is 0 Å². The lowest BCUT2D eigenvalue weighted by atomic mass is 9.40. The van der Waals surface area contributed by atoms with E-state index in [0.717, 1.165) is 12.3 Å². The van der Waals surface area contributed by atoms with Crippen LogP contribution in [0.3, 0.4) is 0 Å². The summed E-state index contributed by atoms with van der Waals surface area (Å²) >= 11 is 0. The van der Waals surface area contributed by atoms with E-state index in [1.54, 1.807) is 0 Å². The Kier molecular flexibility index (Phi) is 2.43. The molecule has 1 heterocycles. The maximum Gasteiger partial charge on any atom is 0.126 e. The third-order valence-corrected chi connectivity index (χ3v) is 9.16. The number of hydrogen-bond acceptors (Lipinski definition) is 2. The van der Waals surface area contributed by atoms with Gasteiger partial charge in [0, 0.05) is 10.8 Å². The van der Waals surface area contributed by atoms with Crippen LogP contribution in [0.2, 0.25) is 0 Å². The van der Waals surface area contributed by atoms with Crippen molar-refractivity contribution in [2.24, 2.45) is 33.5 Å². The van der Waals surface area contributed by atoms with Gasteiger partial charge < -0.3 is 9.53 Å². The zero-order chi connectivity index (χ0) is 15.4. The van der Waals surface area contributed by atoms with Crippen LogP contribution in [0.1, 0.15) is 72.1 Å². The van der Waals surface area contributed by atoms with Gasteiger partial charge in [0.05, 0.1) is 12.2 Å². The summed E-state index contributed by atoms with van der Waals surface area (Å²) in [6.07, 6.45) is 12.8. The van der Waals surface area contributed by atoms with E-state index in [4.69, 9.17) is 4.74 Å². The van der Waals surface area contributed by atoms with E-state index in [-0.39, 0.29) is 5.41 Å². The molecule has 0 radical (unpaired) electrons. The highest BCUT2D eigenvalue weighted by molar-refractivity contribution is 5.60. The summed E-state index contributed by atoms with van der Waals surface area (Å²) in [7, 11) is 0. The van der Waals surface area contributed by atoms with Crippen LogP contribution in [0.15, 0.2) is 0 Å². The van der Waals surface area contributed by atoms with Crippen molar-refractivity contribution in [2.75, 3.05) is 0 Å². The summed E-state index contributed by atoms with van der Waals surface area (Å²) in [5.74, 6) is 1.40. The van der Waals surface area contributed by atoms with Crippen LogP contribution >= 0.6 is 0 Å². The molecule has 2 bridgehead atoms. The number of epoxide rings is 1. The van der Waals surface area contributed by atoms with Crippen molar-refractivity contribution in [3.8, 4) is 0 Å². The fraction of sp³-hybridized carbons (Fsp3) is 0.950. The van der Waals surface area contributed by atoms with E-state index in [1.165, 1.54) is 51.2 Å². The summed E-state index contributed by atoms with van der Waals surface area (Å²) in [5.41, 5.74) is 1.23. The van der Waals surface area contributed by atoms with Crippen LogP contribution in [-0.2, 0) is 9.53 Å². The lowest BCUT2D eigenvalue weighted by molar-refractivity contribution is -0.175. The molecule has 22 heavy (non-hydrogen) atoms. The van der Waals surface area contributed by atoms with Gasteiger partial charge in [0.2, 0.25) is 0 Å². The van der Waals surface area contributed by atoms with Crippen LogP contribution in [0.25, 0.3) is 0 Å². The highest BCUT2D eigenvalue weighted by Crippen LogP contribution is 2.77. The fourth-order valence-corrected chi connectivity index (χ4v) is 8.32. The maximum atomic E-state index is 11.9. The summed E-state index contributed by atoms with van der Waals surface area (Å²) in [6.45, 7) is 7.27. The molecule has 0 aromatic heterocycles. The largest absolute Gasteiger partial charge is 0.368 e. The molecule has 5 fully saturated rings. The number of carbonyl (C=O) groups excluding carboxylic acids is 1. The fourth-order valence-electron chi connectivity index (χ4n) is 8.32. The molecule has 1 saturated heterocycles. The van der Waals surface area contributed by atoms with Gasteiger partial charge in [0.15, 0.2) is 0 Å². The topological polar surface area (TPSA) is 29.6 Å². The van der Waals surface area contributed by atoms with Crippen LogP contribution in [0, 0.1) is 33.5 Å². The molecule has 8 atom stereocenters. The molecule has 0 amide bonds. The number of rotatable bonds is 1. The SMILES string of the molecule is CC1(C=O)CCCC2(C)C1CCC13CC(C)(CCC21)C1OC13. The molecule has 122 valence electrons. The number of ether oxygens (including phenoxy) is 1. The molecular formula is C20H30O2. The zero-order valence-electron chi connectivity index (χ0n) is 14.4. The minimum Gasteiger partial charge on any atom is -0.368 e. The second kappa shape index (κ2) is 3.82. The van der Waals surface area contributed by atoms with Gasteiger partial charge in [0.25, 0.3) is 0 Å². The maximum absolute atomic E-state index is 11.9. The Morgan fingerprint density at radius 2 is 1.73 bits per heavy atom. The molecule has 5 aliphatic rings. The molecule has 4 saturated carbocycles. The Morgan fingerprint density at radius 1 is 0.955 bits per heavy atom. The lowest BCUT2D eigenvalue weighted by Crippen LogP contribution is -2.59. The number of hydrogen-bond donors (Lipinski definition) is 0. The number of aldehydes is 1. The van der Waals surface area contributed by atoms with Gasteiger partial charge in [-0.1, -0.05) is 27.2 Å². The zero-order valence-corrected chi connectivity index (χ0v) is 14.4. The number of fused-ring (bicyclic) bond motifs is 5. The molecule has 0 aromatic rings. The molecule has 2 heteroatoms. The molecule has 0 aromatic carbocycles. The van der Waals surface area contributed by atoms with Gasteiger partial charge in [0.1, 0.15) is 6.29 Å². The van der Waals surface area contributed by atoms with Crippen LogP contribution < -0.4 is 0 Å². The van der Waals surface area contributed by atoms with Gasteiger partial charge in [-0.3, -0.25) is 0 Å². The van der Waals surface area contributed by atoms with Gasteiger partial charge >= 0.3 is 0 Å². The van der Waals surface area contributed by atoms with Gasteiger partial charge in [-0.25, -0.2) is 0 Å². The second-order valence-corrected chi connectivity index (χ2v) is 10.2. The summed E-state index contributed by atoms with van der Waals surface area (Å²) in [4.78, 5) is 11.9. The summed E-state index contributed by atoms with van der Waals surface area (Å²) < 4.78 is 6.22. The van der Waals surface area contributed by atoms with Crippen LogP contribution in [0.4, 0.5) is 0 Å². The standard InChI is InChI=1S/C20H30O2/c1-17-9-5-14-19(3)8-4-7-18(2,12-21)13(19)6-10-20(14,11-17)16-15(17)22-16/h12-16H,4-11H2,1-3H3. The monoisotopic (exact) mass is 302 g/mol. The minimum atomic E-state index is -0.0717. The first-order valence-corrected chi connectivity index (χ1v) is 9.50. The average Bonchev–Trinajstić information content (AvgIpc) is 3.25. The van der Waals surface area contributed by atoms with Gasteiger partial charge in [-0.05, 0) is 67.6 Å². The lowest BCUT2D eigenvalue weighted by Gasteiger charge is -2.64.